The van der Waals surface area contributed by atoms with Gasteiger partial charge in [-0.1, -0.05) is 44.9 Å². The summed E-state index contributed by atoms with van der Waals surface area (Å²) in [5.74, 6) is 0.906. The number of benzene rings is 1. The highest BCUT2D eigenvalue weighted by atomic mass is 32.2. The Morgan fingerprint density at radius 3 is 2.67 bits per heavy atom. The van der Waals surface area contributed by atoms with Crippen molar-refractivity contribution >= 4 is 17.6 Å². The lowest BCUT2D eigenvalue weighted by atomic mass is 10.2. The van der Waals surface area contributed by atoms with E-state index in [1.165, 1.54) is 5.56 Å². The Labute approximate surface area is 96.4 Å². The highest BCUT2D eigenvalue weighted by molar-refractivity contribution is 7.96. The Morgan fingerprint density at radius 2 is 2.07 bits per heavy atom. The number of nitrogens with one attached hydrogen (secondary N) is 2. The average molecular weight is 228 g/mol. The first-order valence-corrected chi connectivity index (χ1v) is 6.19. The number of rotatable bonds is 5. The van der Waals surface area contributed by atoms with Crippen LogP contribution >= 0.6 is 11.9 Å². The Kier molecular flexibility index (Phi) is 9.36. The van der Waals surface area contributed by atoms with Crippen LogP contribution in [0.2, 0.25) is 0 Å². The van der Waals surface area contributed by atoms with Crippen molar-refractivity contribution in [2.45, 2.75) is 26.5 Å². The van der Waals surface area contributed by atoms with Crippen LogP contribution in [0, 0.1) is 0 Å². The second-order valence-electron chi connectivity index (χ2n) is 2.60. The minimum Gasteiger partial charge on any atom is -0.291 e. The first-order valence-electron chi connectivity index (χ1n) is 5.20. The van der Waals surface area contributed by atoms with E-state index in [9.17, 15) is 0 Å². The van der Waals surface area contributed by atoms with Gasteiger partial charge in [0.25, 0.3) is 0 Å². The molecule has 0 aromatic heterocycles. The average Bonchev–Trinajstić information content (AvgIpc) is 2.32. The maximum Gasteiger partial charge on any atom is 0.0605 e. The molecule has 0 aliphatic rings. The van der Waals surface area contributed by atoms with E-state index in [0.29, 0.717) is 0 Å². The van der Waals surface area contributed by atoms with Crippen LogP contribution in [-0.4, -0.2) is 11.8 Å². The maximum absolute atomic E-state index is 8.66. The molecule has 0 amide bonds. The molecule has 0 spiro atoms. The van der Waals surface area contributed by atoms with E-state index in [-0.39, 0.29) is 0 Å². The third-order valence-electron chi connectivity index (χ3n) is 1.54. The van der Waals surface area contributed by atoms with Gasteiger partial charge >= 0.3 is 0 Å². The van der Waals surface area contributed by atoms with Gasteiger partial charge in [0.15, 0.2) is 0 Å². The Bertz CT molecular complexity index is 256. The normalized spacial score (nSPS) is 9.07. The van der Waals surface area contributed by atoms with Crippen molar-refractivity contribution in [3.8, 4) is 0 Å². The molecular weight excluding hydrogens is 208 g/mol. The van der Waals surface area contributed by atoms with Gasteiger partial charge in [-0.25, -0.2) is 0 Å². The van der Waals surface area contributed by atoms with Gasteiger partial charge in [-0.3, -0.25) is 15.4 Å². The molecule has 0 fully saturated rings. The fourth-order valence-corrected chi connectivity index (χ4v) is 1.62. The minimum atomic E-state index is 0.731. The van der Waals surface area contributed by atoms with Gasteiger partial charge in [-0.2, -0.15) is 0 Å². The zero-order valence-corrected chi connectivity index (χ0v) is 10.4. The number of hydrogen-bond donors (Lipinski definition) is 3. The fourth-order valence-electron chi connectivity index (χ4n) is 0.967. The zero-order chi connectivity index (χ0) is 11.5. The van der Waals surface area contributed by atoms with Gasteiger partial charge in [0.05, 0.1) is 5.69 Å². The maximum atomic E-state index is 8.66. The highest BCUT2D eigenvalue weighted by Crippen LogP contribution is 2.13. The van der Waals surface area contributed by atoms with Crippen LogP contribution in [0.25, 0.3) is 0 Å². The topological polar surface area (TPSA) is 44.3 Å². The lowest BCUT2D eigenvalue weighted by Crippen LogP contribution is -2.01. The number of hydrogen-bond acceptors (Lipinski definition) is 4. The summed E-state index contributed by atoms with van der Waals surface area (Å²) < 4.78 is 3.17. The fraction of sp³-hybridized carbons (Fsp3) is 0.455. The van der Waals surface area contributed by atoms with Crippen LogP contribution in [-0.2, 0) is 5.75 Å². The largest absolute Gasteiger partial charge is 0.291 e. The molecule has 1 rings (SSSR count). The van der Waals surface area contributed by atoms with E-state index in [2.05, 4.69) is 17.1 Å². The summed E-state index contributed by atoms with van der Waals surface area (Å²) in [5, 5.41) is 8.66. The lowest BCUT2D eigenvalue weighted by molar-refractivity contribution is 0.389. The van der Waals surface area contributed by atoms with E-state index in [4.69, 9.17) is 5.21 Å². The molecule has 4 heteroatoms. The summed E-state index contributed by atoms with van der Waals surface area (Å²) in [5.41, 5.74) is 4.04. The molecule has 1 aromatic carbocycles. The third-order valence-corrected chi connectivity index (χ3v) is 2.51. The molecular formula is C11H20N2OS. The predicted octanol–water partition coefficient (Wildman–Crippen LogP) is 3.27. The van der Waals surface area contributed by atoms with Crippen LogP contribution in [0.5, 0.6) is 0 Å². The smallest absolute Gasteiger partial charge is 0.0605 e. The van der Waals surface area contributed by atoms with Crippen molar-refractivity contribution in [2.24, 2.45) is 0 Å². The van der Waals surface area contributed by atoms with Crippen molar-refractivity contribution in [3.05, 3.63) is 29.8 Å². The first kappa shape index (κ1) is 14.3. The molecule has 3 nitrogen and oxygen atoms in total. The van der Waals surface area contributed by atoms with Crippen molar-refractivity contribution < 1.29 is 5.21 Å². The summed E-state index contributed by atoms with van der Waals surface area (Å²) in [6.07, 6.45) is 0. The molecule has 0 unspecified atom stereocenters. The molecule has 0 heterocycles. The Hall–Kier alpha value is -0.710. The second-order valence-corrected chi connectivity index (χ2v) is 3.46. The highest BCUT2D eigenvalue weighted by Gasteiger charge is 1.94. The molecule has 3 N–H and O–H groups in total. The quantitative estimate of drug-likeness (QED) is 0.411. The number of anilines is 1. The molecule has 0 aliphatic heterocycles. The van der Waals surface area contributed by atoms with E-state index in [1.54, 1.807) is 11.9 Å². The molecule has 0 saturated carbocycles. The molecule has 0 aliphatic carbocycles. The van der Waals surface area contributed by atoms with Crippen LogP contribution < -0.4 is 10.2 Å². The monoisotopic (exact) mass is 228 g/mol. The summed E-state index contributed by atoms with van der Waals surface area (Å²) in [7, 11) is 0. The predicted molar refractivity (Wildman–Crippen MR) is 68.2 cm³/mol. The zero-order valence-electron chi connectivity index (χ0n) is 9.58. The lowest BCUT2D eigenvalue weighted by Gasteiger charge is -2.03. The molecule has 15 heavy (non-hydrogen) atoms. The minimum absolute atomic E-state index is 0.731. The standard InChI is InChI=1S/C9H14N2OS.C2H6/c1-2-10-13-7-8-4-3-5-9(6-8)11-12;1-2/h3-6,10-12H,2,7H2,1H3;1-2H3. The third kappa shape index (κ3) is 6.38. The first-order chi connectivity index (χ1) is 7.36. The second kappa shape index (κ2) is 9.83. The van der Waals surface area contributed by atoms with Gasteiger partial charge in [0, 0.05) is 12.3 Å². The van der Waals surface area contributed by atoms with E-state index in [0.717, 1.165) is 18.0 Å². The molecule has 0 saturated heterocycles. The van der Waals surface area contributed by atoms with E-state index in [1.807, 2.05) is 38.1 Å². The van der Waals surface area contributed by atoms with Crippen LogP contribution in [0.4, 0.5) is 5.69 Å². The van der Waals surface area contributed by atoms with Gasteiger partial charge in [-0.05, 0) is 17.7 Å². The molecule has 0 radical (unpaired) electrons. The van der Waals surface area contributed by atoms with Crippen LogP contribution in [0.15, 0.2) is 24.3 Å². The summed E-state index contributed by atoms with van der Waals surface area (Å²) in [6.45, 7) is 7.03. The summed E-state index contributed by atoms with van der Waals surface area (Å²) in [6, 6.07) is 7.69. The van der Waals surface area contributed by atoms with Gasteiger partial charge in [0.1, 0.15) is 0 Å². The van der Waals surface area contributed by atoms with Gasteiger partial charge in [0.2, 0.25) is 0 Å². The van der Waals surface area contributed by atoms with Crippen molar-refractivity contribution in [3.63, 3.8) is 0 Å². The van der Waals surface area contributed by atoms with Gasteiger partial charge < -0.3 is 0 Å². The van der Waals surface area contributed by atoms with Crippen LogP contribution in [0.1, 0.15) is 26.3 Å². The molecule has 1 aromatic rings. The summed E-state index contributed by atoms with van der Waals surface area (Å²) in [4.78, 5) is 0. The van der Waals surface area contributed by atoms with E-state index >= 15 is 0 Å². The van der Waals surface area contributed by atoms with Crippen molar-refractivity contribution in [1.29, 1.82) is 0 Å². The van der Waals surface area contributed by atoms with Crippen LogP contribution in [0.3, 0.4) is 0 Å². The Morgan fingerprint density at radius 1 is 1.33 bits per heavy atom. The SMILES string of the molecule is CC.CCNSCc1cccc(NO)c1. The van der Waals surface area contributed by atoms with Gasteiger partial charge in [-0.15, -0.1) is 0 Å². The molecule has 86 valence electrons. The molecule has 0 atom stereocenters. The van der Waals surface area contributed by atoms with E-state index < -0.39 is 0 Å². The van der Waals surface area contributed by atoms with Crippen molar-refractivity contribution in [1.82, 2.24) is 4.72 Å². The molecule has 0 bridgehead atoms. The Balaban J connectivity index is 0.000000921. The van der Waals surface area contributed by atoms with Crippen molar-refractivity contribution in [2.75, 3.05) is 12.0 Å². The summed E-state index contributed by atoms with van der Waals surface area (Å²) >= 11 is 1.67.